The van der Waals surface area contributed by atoms with Gasteiger partial charge in [-0.25, -0.2) is 0 Å². The lowest BCUT2D eigenvalue weighted by Crippen LogP contribution is -2.19. The molecule has 92 valence electrons. The molecule has 0 aliphatic carbocycles. The molecule has 0 saturated carbocycles. The van der Waals surface area contributed by atoms with Gasteiger partial charge >= 0.3 is 0 Å². The predicted molar refractivity (Wildman–Crippen MR) is 66.5 cm³/mol. The maximum Gasteiger partial charge on any atom is 0.235 e. The standard InChI is InChI=1S/C12H16N2O3/c1-13(2)9-10-17-12-5-3-11(4-6-12)7-8-14(15)16/h3-8H,9-10H2,1-2H3/b8-7+. The molecule has 5 heteroatoms. The van der Waals surface area contributed by atoms with Crippen molar-refractivity contribution in [2.75, 3.05) is 27.2 Å². The van der Waals surface area contributed by atoms with Crippen LogP contribution in [0.4, 0.5) is 0 Å². The summed E-state index contributed by atoms with van der Waals surface area (Å²) in [6, 6.07) is 7.17. The van der Waals surface area contributed by atoms with Gasteiger partial charge in [0.25, 0.3) is 0 Å². The van der Waals surface area contributed by atoms with Gasteiger partial charge in [0.2, 0.25) is 6.20 Å². The van der Waals surface area contributed by atoms with E-state index in [4.69, 9.17) is 4.74 Å². The molecule has 0 aliphatic heterocycles. The summed E-state index contributed by atoms with van der Waals surface area (Å²) in [5.41, 5.74) is 0.779. The van der Waals surface area contributed by atoms with Crippen LogP contribution < -0.4 is 4.74 Å². The highest BCUT2D eigenvalue weighted by Crippen LogP contribution is 2.13. The number of likely N-dealkylation sites (N-methyl/N-ethyl adjacent to an activating group) is 1. The van der Waals surface area contributed by atoms with E-state index in [1.165, 1.54) is 6.08 Å². The molecular formula is C12H16N2O3. The van der Waals surface area contributed by atoms with Gasteiger partial charge in [-0.2, -0.15) is 0 Å². The molecule has 0 spiro atoms. The van der Waals surface area contributed by atoms with Gasteiger partial charge in [-0.05, 0) is 31.8 Å². The molecule has 0 amide bonds. The summed E-state index contributed by atoms with van der Waals surface area (Å²) in [7, 11) is 3.96. The van der Waals surface area contributed by atoms with E-state index in [1.54, 1.807) is 24.3 Å². The maximum atomic E-state index is 10.1. The molecule has 0 saturated heterocycles. The smallest absolute Gasteiger partial charge is 0.235 e. The lowest BCUT2D eigenvalue weighted by molar-refractivity contribution is -0.400. The van der Waals surface area contributed by atoms with Crippen molar-refractivity contribution in [3.63, 3.8) is 0 Å². The average Bonchev–Trinajstić information content (AvgIpc) is 2.27. The Morgan fingerprint density at radius 1 is 1.35 bits per heavy atom. The van der Waals surface area contributed by atoms with Crippen LogP contribution in [-0.4, -0.2) is 37.1 Å². The highest BCUT2D eigenvalue weighted by atomic mass is 16.6. The van der Waals surface area contributed by atoms with Crippen LogP contribution >= 0.6 is 0 Å². The molecule has 1 aromatic carbocycles. The van der Waals surface area contributed by atoms with Crippen LogP contribution in [-0.2, 0) is 0 Å². The first kappa shape index (κ1) is 13.2. The molecular weight excluding hydrogens is 220 g/mol. The molecule has 1 aromatic rings. The number of nitrogens with zero attached hydrogens (tertiary/aromatic N) is 2. The molecule has 0 heterocycles. The summed E-state index contributed by atoms with van der Waals surface area (Å²) < 4.78 is 5.50. The van der Waals surface area contributed by atoms with Crippen LogP contribution in [0, 0.1) is 10.1 Å². The summed E-state index contributed by atoms with van der Waals surface area (Å²) in [6.45, 7) is 1.47. The molecule has 0 fully saturated rings. The second-order valence-corrected chi connectivity index (χ2v) is 3.82. The van der Waals surface area contributed by atoms with Crippen LogP contribution in [0.25, 0.3) is 6.08 Å². The summed E-state index contributed by atoms with van der Waals surface area (Å²) in [4.78, 5) is 11.7. The van der Waals surface area contributed by atoms with E-state index < -0.39 is 4.92 Å². The molecule has 0 atom stereocenters. The summed E-state index contributed by atoms with van der Waals surface area (Å²) >= 11 is 0. The summed E-state index contributed by atoms with van der Waals surface area (Å²) in [5, 5.41) is 10.1. The first-order valence-electron chi connectivity index (χ1n) is 5.27. The van der Waals surface area contributed by atoms with Crippen molar-refractivity contribution in [3.05, 3.63) is 46.1 Å². The van der Waals surface area contributed by atoms with E-state index >= 15 is 0 Å². The minimum atomic E-state index is -0.485. The highest BCUT2D eigenvalue weighted by molar-refractivity contribution is 5.49. The Labute approximate surface area is 100 Å². The maximum absolute atomic E-state index is 10.1. The first-order chi connectivity index (χ1) is 8.08. The van der Waals surface area contributed by atoms with Crippen molar-refractivity contribution >= 4 is 6.08 Å². The van der Waals surface area contributed by atoms with Gasteiger partial charge in [0.15, 0.2) is 0 Å². The van der Waals surface area contributed by atoms with E-state index in [2.05, 4.69) is 0 Å². The number of nitro groups is 1. The molecule has 0 unspecified atom stereocenters. The number of hydrogen-bond acceptors (Lipinski definition) is 4. The molecule has 0 aromatic heterocycles. The first-order valence-corrected chi connectivity index (χ1v) is 5.27. The van der Waals surface area contributed by atoms with Crippen molar-refractivity contribution in [1.29, 1.82) is 0 Å². The zero-order valence-corrected chi connectivity index (χ0v) is 10.00. The van der Waals surface area contributed by atoms with Crippen LogP contribution in [0.15, 0.2) is 30.5 Å². The Morgan fingerprint density at radius 3 is 2.53 bits per heavy atom. The topological polar surface area (TPSA) is 55.6 Å². The molecule has 0 radical (unpaired) electrons. The highest BCUT2D eigenvalue weighted by Gasteiger charge is 1.95. The largest absolute Gasteiger partial charge is 0.492 e. The van der Waals surface area contributed by atoms with Crippen LogP contribution in [0.3, 0.4) is 0 Å². The SMILES string of the molecule is CN(C)CCOc1ccc(/C=C/[N+](=O)[O-])cc1. The monoisotopic (exact) mass is 236 g/mol. The van der Waals surface area contributed by atoms with Crippen LogP contribution in [0.1, 0.15) is 5.56 Å². The molecule has 0 aliphatic rings. The van der Waals surface area contributed by atoms with E-state index in [9.17, 15) is 10.1 Å². The van der Waals surface area contributed by atoms with Crippen LogP contribution in [0.5, 0.6) is 5.75 Å². The quantitative estimate of drug-likeness (QED) is 0.559. The van der Waals surface area contributed by atoms with Crippen LogP contribution in [0.2, 0.25) is 0 Å². The Kier molecular flexibility index (Phi) is 5.16. The number of rotatable bonds is 6. The van der Waals surface area contributed by atoms with Gasteiger partial charge in [0.1, 0.15) is 12.4 Å². The number of hydrogen-bond donors (Lipinski definition) is 0. The Morgan fingerprint density at radius 2 is 2.00 bits per heavy atom. The summed E-state index contributed by atoms with van der Waals surface area (Å²) in [6.07, 6.45) is 2.37. The van der Waals surface area contributed by atoms with E-state index in [0.717, 1.165) is 24.1 Å². The Bertz CT molecular complexity index is 385. The van der Waals surface area contributed by atoms with Crippen molar-refractivity contribution < 1.29 is 9.66 Å². The molecule has 5 nitrogen and oxygen atoms in total. The molecule has 0 bridgehead atoms. The van der Waals surface area contributed by atoms with Gasteiger partial charge in [-0.15, -0.1) is 0 Å². The van der Waals surface area contributed by atoms with Gasteiger partial charge in [-0.3, -0.25) is 10.1 Å². The fourth-order valence-electron chi connectivity index (χ4n) is 1.17. The van der Waals surface area contributed by atoms with Crippen molar-refractivity contribution in [2.24, 2.45) is 0 Å². The zero-order valence-electron chi connectivity index (χ0n) is 10.00. The third-order valence-electron chi connectivity index (χ3n) is 2.08. The van der Waals surface area contributed by atoms with Crippen molar-refractivity contribution in [1.82, 2.24) is 4.90 Å². The molecule has 17 heavy (non-hydrogen) atoms. The minimum absolute atomic E-state index is 0.485. The number of ether oxygens (including phenoxy) is 1. The predicted octanol–water partition coefficient (Wildman–Crippen LogP) is 1.87. The zero-order chi connectivity index (χ0) is 12.7. The number of benzene rings is 1. The van der Waals surface area contributed by atoms with Gasteiger partial charge in [0.05, 0.1) is 4.92 Å². The van der Waals surface area contributed by atoms with Gasteiger partial charge in [0, 0.05) is 12.6 Å². The van der Waals surface area contributed by atoms with Gasteiger partial charge < -0.3 is 9.64 Å². The summed E-state index contributed by atoms with van der Waals surface area (Å²) in [5.74, 6) is 0.769. The lowest BCUT2D eigenvalue weighted by atomic mass is 10.2. The molecule has 1 rings (SSSR count). The van der Waals surface area contributed by atoms with Gasteiger partial charge in [-0.1, -0.05) is 12.1 Å². The molecule has 0 N–H and O–H groups in total. The third-order valence-corrected chi connectivity index (χ3v) is 2.08. The average molecular weight is 236 g/mol. The Balaban J connectivity index is 2.47. The minimum Gasteiger partial charge on any atom is -0.492 e. The second kappa shape index (κ2) is 6.65. The third kappa shape index (κ3) is 5.67. The van der Waals surface area contributed by atoms with E-state index in [1.807, 2.05) is 19.0 Å². The fourth-order valence-corrected chi connectivity index (χ4v) is 1.17. The van der Waals surface area contributed by atoms with E-state index in [-0.39, 0.29) is 0 Å². The second-order valence-electron chi connectivity index (χ2n) is 3.82. The van der Waals surface area contributed by atoms with E-state index in [0.29, 0.717) is 6.61 Å². The van der Waals surface area contributed by atoms with Crippen molar-refractivity contribution in [2.45, 2.75) is 0 Å². The van der Waals surface area contributed by atoms with Crippen molar-refractivity contribution in [3.8, 4) is 5.75 Å². The lowest BCUT2D eigenvalue weighted by Gasteiger charge is -2.10. The fraction of sp³-hybridized carbons (Fsp3) is 0.333. The normalized spacial score (nSPS) is 11.0. The Hall–Kier alpha value is -1.88.